The lowest BCUT2D eigenvalue weighted by atomic mass is 10.2. The lowest BCUT2D eigenvalue weighted by Crippen LogP contribution is -2.49. The quantitative estimate of drug-likeness (QED) is 0.784. The lowest BCUT2D eigenvalue weighted by Gasteiger charge is -2.36. The van der Waals surface area contributed by atoms with Gasteiger partial charge >= 0.3 is 0 Å². The molecule has 1 N–H and O–H groups in total. The average Bonchev–Trinajstić information content (AvgIpc) is 2.48. The van der Waals surface area contributed by atoms with Crippen molar-refractivity contribution in [3.8, 4) is 5.75 Å². The lowest BCUT2D eigenvalue weighted by molar-refractivity contribution is -0.0777. The molecule has 0 aromatic heterocycles. The van der Waals surface area contributed by atoms with Gasteiger partial charge in [-0.2, -0.15) is 0 Å². The zero-order chi connectivity index (χ0) is 17.5. The number of aryl methyl sites for hydroxylation is 1. The van der Waals surface area contributed by atoms with Crippen LogP contribution in [0.15, 0.2) is 24.3 Å². The van der Waals surface area contributed by atoms with Gasteiger partial charge in [0.1, 0.15) is 12.4 Å². The second-order valence-electron chi connectivity index (χ2n) is 7.05. The van der Waals surface area contributed by atoms with E-state index in [1.807, 2.05) is 31.3 Å². The van der Waals surface area contributed by atoms with E-state index in [4.69, 9.17) is 9.47 Å². The second kappa shape index (κ2) is 9.37. The Morgan fingerprint density at radius 3 is 2.50 bits per heavy atom. The summed E-state index contributed by atoms with van der Waals surface area (Å²) in [5.41, 5.74) is 1.23. The maximum atomic E-state index is 10.3. The largest absolute Gasteiger partial charge is 0.492 e. The zero-order valence-electron chi connectivity index (χ0n) is 15.4. The van der Waals surface area contributed by atoms with Crippen molar-refractivity contribution in [1.82, 2.24) is 9.80 Å². The molecule has 5 heteroatoms. The monoisotopic (exact) mass is 336 g/mol. The molecule has 1 fully saturated rings. The van der Waals surface area contributed by atoms with E-state index in [1.165, 1.54) is 5.56 Å². The third-order valence-electron chi connectivity index (χ3n) is 4.25. The molecule has 0 bridgehead atoms. The maximum absolute atomic E-state index is 10.3. The Kier molecular flexibility index (Phi) is 7.49. The number of morpholine rings is 1. The summed E-state index contributed by atoms with van der Waals surface area (Å²) in [6.45, 7) is 10.8. The van der Waals surface area contributed by atoms with Crippen LogP contribution in [0.4, 0.5) is 0 Å². The van der Waals surface area contributed by atoms with Crippen molar-refractivity contribution in [1.29, 1.82) is 0 Å². The number of aliphatic hydroxyl groups excluding tert-OH is 1. The van der Waals surface area contributed by atoms with Crippen LogP contribution in [-0.2, 0) is 4.74 Å². The van der Waals surface area contributed by atoms with E-state index in [1.54, 1.807) is 0 Å². The number of β-amino-alcohol motifs (C(OH)–C–C–N with tert-alkyl or cyclic N) is 1. The molecular formula is C19H32N2O3. The summed E-state index contributed by atoms with van der Waals surface area (Å²) < 4.78 is 11.5. The van der Waals surface area contributed by atoms with Crippen molar-refractivity contribution in [2.75, 3.05) is 46.4 Å². The zero-order valence-corrected chi connectivity index (χ0v) is 15.4. The van der Waals surface area contributed by atoms with Crippen LogP contribution in [0.5, 0.6) is 5.75 Å². The van der Waals surface area contributed by atoms with Gasteiger partial charge in [0.2, 0.25) is 0 Å². The van der Waals surface area contributed by atoms with E-state index in [2.05, 4.69) is 30.6 Å². The van der Waals surface area contributed by atoms with Gasteiger partial charge in [0, 0.05) is 32.7 Å². The van der Waals surface area contributed by atoms with Gasteiger partial charge in [-0.3, -0.25) is 4.90 Å². The van der Waals surface area contributed by atoms with Crippen LogP contribution in [0.1, 0.15) is 19.4 Å². The molecule has 136 valence electrons. The van der Waals surface area contributed by atoms with Crippen LogP contribution in [0.3, 0.4) is 0 Å². The Hall–Kier alpha value is -1.14. The fourth-order valence-electron chi connectivity index (χ4n) is 3.19. The number of ether oxygens (including phenoxy) is 2. The summed E-state index contributed by atoms with van der Waals surface area (Å²) in [6, 6.07) is 8.08. The van der Waals surface area contributed by atoms with Crippen molar-refractivity contribution in [2.45, 2.75) is 39.1 Å². The minimum absolute atomic E-state index is 0.238. The Balaban J connectivity index is 1.64. The summed E-state index contributed by atoms with van der Waals surface area (Å²) >= 11 is 0. The first-order chi connectivity index (χ1) is 11.4. The minimum atomic E-state index is -0.355. The number of likely N-dealkylation sites (N-methyl/N-ethyl adjacent to an activating group) is 1. The number of hydrogen-bond acceptors (Lipinski definition) is 5. The van der Waals surface area contributed by atoms with Crippen molar-refractivity contribution in [2.24, 2.45) is 0 Å². The molecule has 1 saturated heterocycles. The Bertz CT molecular complexity index is 470. The normalized spacial score (nSPS) is 23.4. The van der Waals surface area contributed by atoms with Crippen LogP contribution in [0, 0.1) is 6.92 Å². The van der Waals surface area contributed by atoms with Gasteiger partial charge in [0.05, 0.1) is 18.3 Å². The molecule has 1 aromatic carbocycles. The Morgan fingerprint density at radius 2 is 1.88 bits per heavy atom. The molecule has 3 atom stereocenters. The van der Waals surface area contributed by atoms with Crippen molar-refractivity contribution >= 4 is 0 Å². The molecule has 2 rings (SSSR count). The maximum Gasteiger partial charge on any atom is 0.119 e. The fraction of sp³-hybridized carbons (Fsp3) is 0.684. The smallest absolute Gasteiger partial charge is 0.119 e. The van der Waals surface area contributed by atoms with E-state index in [0.29, 0.717) is 19.7 Å². The van der Waals surface area contributed by atoms with Gasteiger partial charge in [-0.25, -0.2) is 0 Å². The number of rotatable bonds is 8. The molecule has 1 aliphatic rings. The first kappa shape index (κ1) is 19.2. The van der Waals surface area contributed by atoms with E-state index < -0.39 is 0 Å². The molecule has 0 spiro atoms. The number of aliphatic hydroxyl groups is 1. The van der Waals surface area contributed by atoms with Crippen LogP contribution in [0.2, 0.25) is 0 Å². The van der Waals surface area contributed by atoms with E-state index in [9.17, 15) is 5.11 Å². The molecule has 3 unspecified atom stereocenters. The number of benzene rings is 1. The first-order valence-electron chi connectivity index (χ1n) is 8.86. The second-order valence-corrected chi connectivity index (χ2v) is 7.05. The summed E-state index contributed by atoms with van der Waals surface area (Å²) in [4.78, 5) is 4.41. The molecule has 1 aliphatic heterocycles. The summed E-state index contributed by atoms with van der Waals surface area (Å²) in [5, 5.41) is 10.3. The highest BCUT2D eigenvalue weighted by molar-refractivity contribution is 5.26. The predicted molar refractivity (Wildman–Crippen MR) is 96.6 cm³/mol. The van der Waals surface area contributed by atoms with Crippen molar-refractivity contribution in [3.63, 3.8) is 0 Å². The summed E-state index contributed by atoms with van der Waals surface area (Å²) in [7, 11) is 2.02. The molecule has 5 nitrogen and oxygen atoms in total. The van der Waals surface area contributed by atoms with E-state index >= 15 is 0 Å². The Morgan fingerprint density at radius 1 is 1.25 bits per heavy atom. The highest BCUT2D eigenvalue weighted by Crippen LogP contribution is 2.12. The molecule has 24 heavy (non-hydrogen) atoms. The van der Waals surface area contributed by atoms with Gasteiger partial charge in [0.15, 0.2) is 0 Å². The van der Waals surface area contributed by atoms with Crippen LogP contribution < -0.4 is 4.74 Å². The van der Waals surface area contributed by atoms with Gasteiger partial charge in [-0.05, 0) is 40.0 Å². The highest BCUT2D eigenvalue weighted by atomic mass is 16.5. The molecule has 0 radical (unpaired) electrons. The van der Waals surface area contributed by atoms with Crippen LogP contribution in [0.25, 0.3) is 0 Å². The molecule has 1 aromatic rings. The molecule has 0 amide bonds. The van der Waals surface area contributed by atoms with E-state index in [0.717, 1.165) is 25.4 Å². The highest BCUT2D eigenvalue weighted by Gasteiger charge is 2.24. The van der Waals surface area contributed by atoms with Crippen LogP contribution >= 0.6 is 0 Å². The van der Waals surface area contributed by atoms with Gasteiger partial charge in [0.25, 0.3) is 0 Å². The number of hydrogen-bond donors (Lipinski definition) is 1. The molecule has 1 heterocycles. The number of nitrogens with zero attached hydrogens (tertiary/aromatic N) is 2. The predicted octanol–water partition coefficient (Wildman–Crippen LogP) is 1.78. The Labute approximate surface area is 146 Å². The third kappa shape index (κ3) is 6.77. The van der Waals surface area contributed by atoms with Gasteiger partial charge < -0.3 is 19.5 Å². The molecular weight excluding hydrogens is 304 g/mol. The van der Waals surface area contributed by atoms with Crippen molar-refractivity contribution < 1.29 is 14.6 Å². The summed E-state index contributed by atoms with van der Waals surface area (Å²) in [5.74, 6) is 0.894. The van der Waals surface area contributed by atoms with Gasteiger partial charge in [-0.1, -0.05) is 17.7 Å². The van der Waals surface area contributed by atoms with Crippen molar-refractivity contribution in [3.05, 3.63) is 29.8 Å². The topological polar surface area (TPSA) is 45.2 Å². The average molecular weight is 336 g/mol. The first-order valence-corrected chi connectivity index (χ1v) is 8.86. The third-order valence-corrected chi connectivity index (χ3v) is 4.25. The SMILES string of the molecule is Cc1ccc(OCCN(C)CC(O)CN2CC(C)OC(C)C2)cc1. The van der Waals surface area contributed by atoms with E-state index in [-0.39, 0.29) is 18.3 Å². The molecule has 0 aliphatic carbocycles. The fourth-order valence-corrected chi connectivity index (χ4v) is 3.19. The van der Waals surface area contributed by atoms with Crippen LogP contribution in [-0.4, -0.2) is 79.6 Å². The minimum Gasteiger partial charge on any atom is -0.492 e. The summed E-state index contributed by atoms with van der Waals surface area (Å²) in [6.07, 6.45) is 0.120. The van der Waals surface area contributed by atoms with Gasteiger partial charge in [-0.15, -0.1) is 0 Å². The standard InChI is InChI=1S/C19H32N2O3/c1-15-5-7-19(8-6-15)23-10-9-20(4)13-18(22)14-21-11-16(2)24-17(3)12-21/h5-8,16-18,22H,9-14H2,1-4H3. The molecule has 0 saturated carbocycles.